The van der Waals surface area contributed by atoms with Gasteiger partial charge < -0.3 is 14.4 Å². The van der Waals surface area contributed by atoms with Crippen LogP contribution in [0.1, 0.15) is 34.1 Å². The number of ether oxygens (including phenoxy) is 2. The van der Waals surface area contributed by atoms with Gasteiger partial charge in [0, 0.05) is 39.0 Å². The highest BCUT2D eigenvalue weighted by molar-refractivity contribution is 5.75. The van der Waals surface area contributed by atoms with Crippen LogP contribution in [0.25, 0.3) is 0 Å². The second-order valence-corrected chi connectivity index (χ2v) is 8.76. The molecule has 0 saturated carbocycles. The summed E-state index contributed by atoms with van der Waals surface area (Å²) in [7, 11) is 0. The van der Waals surface area contributed by atoms with Gasteiger partial charge in [-0.25, -0.2) is 9.78 Å². The fourth-order valence-electron chi connectivity index (χ4n) is 5.09. The van der Waals surface area contributed by atoms with Gasteiger partial charge in [0.25, 0.3) is 5.82 Å². The topological polar surface area (TPSA) is 96.5 Å². The molecule has 3 aliphatic rings. The van der Waals surface area contributed by atoms with E-state index >= 15 is 0 Å². The van der Waals surface area contributed by atoms with E-state index in [9.17, 15) is 4.79 Å². The van der Waals surface area contributed by atoms with Crippen molar-refractivity contribution in [3.8, 4) is 17.6 Å². The minimum absolute atomic E-state index is 0.00627. The first-order valence-corrected chi connectivity index (χ1v) is 11.6. The summed E-state index contributed by atoms with van der Waals surface area (Å²) in [4.78, 5) is 20.9. The van der Waals surface area contributed by atoms with Crippen molar-refractivity contribution in [2.75, 3.05) is 39.4 Å². The summed E-state index contributed by atoms with van der Waals surface area (Å²) in [5.74, 6) is 1.95. The van der Waals surface area contributed by atoms with Crippen LogP contribution < -0.4 is 9.47 Å². The van der Waals surface area contributed by atoms with E-state index in [0.717, 1.165) is 55.3 Å². The minimum Gasteiger partial charge on any atom is -0.493 e. The maximum Gasteiger partial charge on any atom is 0.346 e. The van der Waals surface area contributed by atoms with Gasteiger partial charge in [-0.05, 0) is 34.4 Å². The van der Waals surface area contributed by atoms with Gasteiger partial charge in [-0.2, -0.15) is 9.94 Å². The van der Waals surface area contributed by atoms with E-state index in [2.05, 4.69) is 51.4 Å². The number of piperazine rings is 1. The fourth-order valence-corrected chi connectivity index (χ4v) is 5.09. The van der Waals surface area contributed by atoms with Crippen LogP contribution in [0.4, 0.5) is 4.79 Å². The summed E-state index contributed by atoms with van der Waals surface area (Å²) in [5, 5.41) is 12.9. The number of amides is 1. The number of fused-ring (bicyclic) bond motifs is 2. The van der Waals surface area contributed by atoms with Crippen LogP contribution in [0.15, 0.2) is 42.7 Å². The smallest absolute Gasteiger partial charge is 0.346 e. The molecule has 1 aromatic heterocycles. The average molecular weight is 457 g/mol. The van der Waals surface area contributed by atoms with E-state index in [1.54, 1.807) is 4.90 Å². The largest absolute Gasteiger partial charge is 0.493 e. The van der Waals surface area contributed by atoms with Gasteiger partial charge in [-0.3, -0.25) is 4.90 Å². The Morgan fingerprint density at radius 2 is 1.56 bits per heavy atom. The Labute approximate surface area is 197 Å². The number of carbonyl (C=O) groups is 1. The zero-order valence-corrected chi connectivity index (χ0v) is 18.7. The predicted molar refractivity (Wildman–Crippen MR) is 122 cm³/mol. The summed E-state index contributed by atoms with van der Waals surface area (Å²) in [6.45, 7) is 4.04. The average Bonchev–Trinajstić information content (AvgIpc) is 3.64. The van der Waals surface area contributed by atoms with Crippen LogP contribution in [-0.2, 0) is 12.8 Å². The Balaban J connectivity index is 1.27. The molecule has 0 bridgehead atoms. The van der Waals surface area contributed by atoms with Gasteiger partial charge in [-0.15, -0.1) is 5.10 Å². The molecule has 4 heterocycles. The van der Waals surface area contributed by atoms with Crippen molar-refractivity contribution in [3.63, 3.8) is 0 Å². The molecule has 34 heavy (non-hydrogen) atoms. The molecule has 0 unspecified atom stereocenters. The van der Waals surface area contributed by atoms with E-state index in [1.807, 2.05) is 6.07 Å². The third-order valence-electron chi connectivity index (χ3n) is 6.80. The van der Waals surface area contributed by atoms with Gasteiger partial charge in [0.05, 0.1) is 19.3 Å². The van der Waals surface area contributed by atoms with Crippen molar-refractivity contribution >= 4 is 6.03 Å². The number of carbonyl (C=O) groups excluding carboxylic acids is 1. The number of hydrogen-bond acceptors (Lipinski definition) is 7. The second-order valence-electron chi connectivity index (χ2n) is 8.76. The van der Waals surface area contributed by atoms with Crippen LogP contribution in [0.5, 0.6) is 11.5 Å². The number of nitrogens with zero attached hydrogens (tertiary/aromatic N) is 6. The summed E-state index contributed by atoms with van der Waals surface area (Å²) in [6, 6.07) is 14.7. The first kappa shape index (κ1) is 20.7. The number of hydrogen-bond donors (Lipinski definition) is 0. The van der Waals surface area contributed by atoms with Crippen molar-refractivity contribution in [1.82, 2.24) is 24.6 Å². The highest BCUT2D eigenvalue weighted by atomic mass is 16.5. The Bertz CT molecular complexity index is 1230. The van der Waals surface area contributed by atoms with E-state index in [-0.39, 0.29) is 17.9 Å². The van der Waals surface area contributed by atoms with E-state index in [0.29, 0.717) is 13.1 Å². The molecular formula is C25H24N6O3. The SMILES string of the molecule is N#Cc1ncn(C(=O)N2CCN(C(c3ccc4c(c3)CCO4)c3ccc4c(c3)CCO4)CC2)n1. The molecule has 0 radical (unpaired) electrons. The van der Waals surface area contributed by atoms with E-state index in [4.69, 9.17) is 14.7 Å². The molecule has 1 saturated heterocycles. The third kappa shape index (κ3) is 3.66. The van der Waals surface area contributed by atoms with Gasteiger partial charge in [0.2, 0.25) is 0 Å². The number of nitriles is 1. The normalized spacial score (nSPS) is 17.1. The van der Waals surface area contributed by atoms with Crippen LogP contribution in [0.3, 0.4) is 0 Å². The molecule has 1 fully saturated rings. The van der Waals surface area contributed by atoms with Crippen molar-refractivity contribution < 1.29 is 14.3 Å². The Hall–Kier alpha value is -3.90. The summed E-state index contributed by atoms with van der Waals surface area (Å²) < 4.78 is 12.6. The zero-order chi connectivity index (χ0) is 23.1. The molecule has 1 amide bonds. The molecule has 0 aliphatic carbocycles. The molecule has 6 rings (SSSR count). The number of aromatic nitrogens is 3. The molecule has 0 atom stereocenters. The van der Waals surface area contributed by atoms with Crippen LogP contribution in [0, 0.1) is 11.3 Å². The maximum atomic E-state index is 12.8. The standard InChI is InChI=1S/C25H24N6O3/c26-15-23-27-16-31(28-23)25(32)30-9-7-29(8-10-30)24(19-1-3-21-17(13-19)5-11-33-21)20-2-4-22-18(14-20)6-12-34-22/h1-4,13-14,16,24H,5-12H2. The Kier molecular flexibility index (Phi) is 5.15. The van der Waals surface area contributed by atoms with E-state index < -0.39 is 0 Å². The fraction of sp³-hybridized carbons (Fsp3) is 0.360. The molecule has 9 nitrogen and oxygen atoms in total. The number of benzene rings is 2. The number of rotatable bonds is 3. The van der Waals surface area contributed by atoms with Crippen LogP contribution in [-0.4, -0.2) is 70.0 Å². The van der Waals surface area contributed by atoms with Crippen molar-refractivity contribution in [2.45, 2.75) is 18.9 Å². The summed E-state index contributed by atoms with van der Waals surface area (Å²) in [5.41, 5.74) is 4.97. The molecule has 3 aromatic rings. The van der Waals surface area contributed by atoms with Crippen molar-refractivity contribution in [1.29, 1.82) is 5.26 Å². The lowest BCUT2D eigenvalue weighted by atomic mass is 9.93. The third-order valence-corrected chi connectivity index (χ3v) is 6.80. The second kappa shape index (κ2) is 8.47. The zero-order valence-electron chi connectivity index (χ0n) is 18.7. The first-order chi connectivity index (χ1) is 16.7. The van der Waals surface area contributed by atoms with Gasteiger partial charge in [0.15, 0.2) is 0 Å². The molecule has 9 heteroatoms. The van der Waals surface area contributed by atoms with Gasteiger partial charge >= 0.3 is 6.03 Å². The molecule has 0 N–H and O–H groups in total. The maximum absolute atomic E-state index is 12.8. The van der Waals surface area contributed by atoms with E-state index in [1.165, 1.54) is 28.6 Å². The molecular weight excluding hydrogens is 432 g/mol. The van der Waals surface area contributed by atoms with Gasteiger partial charge in [-0.1, -0.05) is 24.3 Å². The van der Waals surface area contributed by atoms with Crippen molar-refractivity contribution in [3.05, 3.63) is 70.8 Å². The Morgan fingerprint density at radius 1 is 0.941 bits per heavy atom. The van der Waals surface area contributed by atoms with Crippen LogP contribution in [0.2, 0.25) is 0 Å². The summed E-state index contributed by atoms with van der Waals surface area (Å²) >= 11 is 0. The summed E-state index contributed by atoms with van der Waals surface area (Å²) in [6.07, 6.45) is 3.16. The monoisotopic (exact) mass is 456 g/mol. The quantitative estimate of drug-likeness (QED) is 0.597. The first-order valence-electron chi connectivity index (χ1n) is 11.6. The molecule has 2 aromatic carbocycles. The van der Waals surface area contributed by atoms with Crippen molar-refractivity contribution in [2.24, 2.45) is 0 Å². The lowest BCUT2D eigenvalue weighted by molar-refractivity contribution is 0.119. The highest BCUT2D eigenvalue weighted by Gasteiger charge is 2.31. The van der Waals surface area contributed by atoms with Crippen LogP contribution >= 0.6 is 0 Å². The minimum atomic E-state index is -0.255. The Morgan fingerprint density at radius 3 is 2.12 bits per heavy atom. The lowest BCUT2D eigenvalue weighted by Gasteiger charge is -2.39. The predicted octanol–water partition coefficient (Wildman–Crippen LogP) is 2.39. The molecule has 172 valence electrons. The lowest BCUT2D eigenvalue weighted by Crippen LogP contribution is -2.51. The molecule has 3 aliphatic heterocycles. The van der Waals surface area contributed by atoms with Gasteiger partial charge in [0.1, 0.15) is 23.9 Å². The highest BCUT2D eigenvalue weighted by Crippen LogP contribution is 2.37. The molecule has 0 spiro atoms.